The highest BCUT2D eigenvalue weighted by Crippen LogP contribution is 2.31. The van der Waals surface area contributed by atoms with Gasteiger partial charge in [-0.2, -0.15) is 18.2 Å². The zero-order valence-corrected chi connectivity index (χ0v) is 15.7. The van der Waals surface area contributed by atoms with Crippen molar-refractivity contribution in [3.8, 4) is 0 Å². The Kier molecular flexibility index (Phi) is 6.66. The summed E-state index contributed by atoms with van der Waals surface area (Å²) < 4.78 is 44.8. The molecule has 11 heteroatoms. The first-order valence-electron chi connectivity index (χ1n) is 8.98. The Morgan fingerprint density at radius 3 is 2.52 bits per heavy atom. The first kappa shape index (κ1) is 20.0. The van der Waals surface area contributed by atoms with Crippen molar-refractivity contribution in [1.29, 1.82) is 0 Å². The van der Waals surface area contributed by atoms with E-state index in [0.717, 1.165) is 38.5 Å². The number of halogens is 3. The Hall–Kier alpha value is -1.72. The van der Waals surface area contributed by atoms with Crippen molar-refractivity contribution in [3.05, 3.63) is 11.8 Å². The number of morpholine rings is 1. The fourth-order valence-electron chi connectivity index (χ4n) is 3.04. The molecular formula is C16H23F3N6OS. The Balaban J connectivity index is 1.60. The predicted octanol–water partition coefficient (Wildman–Crippen LogP) is 1.71. The third-order valence-electron chi connectivity index (χ3n) is 4.48. The van der Waals surface area contributed by atoms with E-state index in [1.54, 1.807) is 0 Å². The highest BCUT2D eigenvalue weighted by molar-refractivity contribution is 7.80. The minimum Gasteiger partial charge on any atom is -0.379 e. The van der Waals surface area contributed by atoms with Crippen molar-refractivity contribution in [1.82, 2.24) is 20.2 Å². The van der Waals surface area contributed by atoms with Crippen molar-refractivity contribution in [2.45, 2.75) is 19.0 Å². The Bertz CT molecular complexity index is 648. The summed E-state index contributed by atoms with van der Waals surface area (Å²) in [5, 5.41) is 5.88. The molecule has 2 aliphatic heterocycles. The second-order valence-corrected chi connectivity index (χ2v) is 6.87. The molecule has 7 nitrogen and oxygen atoms in total. The fourth-order valence-corrected chi connectivity index (χ4v) is 3.24. The van der Waals surface area contributed by atoms with E-state index in [4.69, 9.17) is 17.0 Å². The molecule has 0 aliphatic carbocycles. The van der Waals surface area contributed by atoms with E-state index in [2.05, 4.69) is 25.5 Å². The molecule has 0 saturated carbocycles. The van der Waals surface area contributed by atoms with Crippen molar-refractivity contribution in [2.24, 2.45) is 0 Å². The summed E-state index contributed by atoms with van der Waals surface area (Å²) in [5.74, 6) is 0.129. The molecule has 3 heterocycles. The van der Waals surface area contributed by atoms with Crippen LogP contribution in [0.5, 0.6) is 0 Å². The predicted molar refractivity (Wildman–Crippen MR) is 100.0 cm³/mol. The monoisotopic (exact) mass is 404 g/mol. The largest absolute Gasteiger partial charge is 0.433 e. The van der Waals surface area contributed by atoms with Gasteiger partial charge in [0.1, 0.15) is 5.82 Å². The number of nitrogens with zero attached hydrogens (tertiary/aromatic N) is 4. The topological polar surface area (TPSA) is 65.6 Å². The van der Waals surface area contributed by atoms with E-state index in [0.29, 0.717) is 32.8 Å². The van der Waals surface area contributed by atoms with Gasteiger partial charge >= 0.3 is 6.18 Å². The number of hydrogen-bond donors (Lipinski definition) is 2. The number of rotatable bonds is 5. The number of thiocarbonyl (C=S) groups is 1. The van der Waals surface area contributed by atoms with Gasteiger partial charge in [0.15, 0.2) is 10.8 Å². The molecule has 0 radical (unpaired) electrons. The zero-order chi connectivity index (χ0) is 19.3. The smallest absolute Gasteiger partial charge is 0.379 e. The summed E-state index contributed by atoms with van der Waals surface area (Å²) in [6, 6.07) is 0.991. The van der Waals surface area contributed by atoms with Crippen LogP contribution in [-0.4, -0.2) is 72.5 Å². The lowest BCUT2D eigenvalue weighted by molar-refractivity contribution is -0.141. The second kappa shape index (κ2) is 8.98. The standard InChI is InChI=1S/C16H23F3N6OS/c17-16(18,19)12-11-13(25-4-1-2-5-25)22-14(21-12)23-15(27)20-3-6-24-7-9-26-10-8-24/h11H,1-10H2,(H2,20,21,22,23,27). The summed E-state index contributed by atoms with van der Waals surface area (Å²) in [7, 11) is 0. The maximum absolute atomic E-state index is 13.2. The number of alkyl halides is 3. The molecule has 0 bridgehead atoms. The molecule has 0 unspecified atom stereocenters. The van der Waals surface area contributed by atoms with Gasteiger partial charge in [-0.1, -0.05) is 0 Å². The average molecular weight is 404 g/mol. The van der Waals surface area contributed by atoms with Crippen molar-refractivity contribution >= 4 is 29.1 Å². The minimum atomic E-state index is -4.54. The van der Waals surface area contributed by atoms with Crippen LogP contribution < -0.4 is 15.5 Å². The van der Waals surface area contributed by atoms with Gasteiger partial charge in [-0.05, 0) is 25.1 Å². The molecule has 0 atom stereocenters. The molecule has 2 fully saturated rings. The van der Waals surface area contributed by atoms with Crippen LogP contribution in [0.4, 0.5) is 24.9 Å². The maximum Gasteiger partial charge on any atom is 0.433 e. The molecule has 1 aromatic heterocycles. The molecule has 2 aliphatic rings. The molecule has 0 amide bonds. The van der Waals surface area contributed by atoms with Gasteiger partial charge < -0.3 is 20.3 Å². The van der Waals surface area contributed by atoms with Gasteiger partial charge in [0.2, 0.25) is 5.95 Å². The molecule has 27 heavy (non-hydrogen) atoms. The Labute approximate surface area is 161 Å². The lowest BCUT2D eigenvalue weighted by Crippen LogP contribution is -2.42. The number of anilines is 2. The van der Waals surface area contributed by atoms with Gasteiger partial charge in [0.25, 0.3) is 0 Å². The molecule has 1 aromatic rings. The quantitative estimate of drug-likeness (QED) is 0.720. The fraction of sp³-hybridized carbons (Fsp3) is 0.688. The summed E-state index contributed by atoms with van der Waals surface area (Å²) in [5.41, 5.74) is -0.974. The zero-order valence-electron chi connectivity index (χ0n) is 14.9. The third-order valence-corrected chi connectivity index (χ3v) is 4.72. The minimum absolute atomic E-state index is 0.143. The number of ether oxygens (including phenoxy) is 1. The highest BCUT2D eigenvalue weighted by atomic mass is 32.1. The van der Waals surface area contributed by atoms with E-state index in [1.165, 1.54) is 0 Å². The van der Waals surface area contributed by atoms with Crippen molar-refractivity contribution < 1.29 is 17.9 Å². The molecule has 0 spiro atoms. The van der Waals surface area contributed by atoms with Crippen LogP contribution in [0.3, 0.4) is 0 Å². The van der Waals surface area contributed by atoms with Crippen LogP contribution in [-0.2, 0) is 10.9 Å². The maximum atomic E-state index is 13.2. The summed E-state index contributed by atoms with van der Waals surface area (Å²) in [6.45, 7) is 5.86. The van der Waals surface area contributed by atoms with Gasteiger partial charge in [0, 0.05) is 45.3 Å². The SMILES string of the molecule is FC(F)(F)c1cc(N2CCCC2)nc(NC(=S)NCCN2CCOCC2)n1. The van der Waals surface area contributed by atoms with Crippen molar-refractivity contribution in [2.75, 3.05) is 62.7 Å². The summed E-state index contributed by atoms with van der Waals surface area (Å²) >= 11 is 5.18. The number of aromatic nitrogens is 2. The lowest BCUT2D eigenvalue weighted by Gasteiger charge is -2.26. The molecule has 150 valence electrons. The molecular weight excluding hydrogens is 381 g/mol. The Morgan fingerprint density at radius 2 is 1.85 bits per heavy atom. The van der Waals surface area contributed by atoms with E-state index in [-0.39, 0.29) is 16.9 Å². The van der Waals surface area contributed by atoms with Crippen molar-refractivity contribution in [3.63, 3.8) is 0 Å². The molecule has 2 saturated heterocycles. The summed E-state index contributed by atoms with van der Waals surface area (Å²) in [4.78, 5) is 11.9. The Morgan fingerprint density at radius 1 is 1.15 bits per heavy atom. The summed E-state index contributed by atoms with van der Waals surface area (Å²) in [6.07, 6.45) is -2.66. The van der Waals surface area contributed by atoms with Gasteiger partial charge in [-0.25, -0.2) is 4.98 Å². The van der Waals surface area contributed by atoms with E-state index < -0.39 is 11.9 Å². The van der Waals surface area contributed by atoms with Crippen LogP contribution >= 0.6 is 12.2 Å². The molecule has 2 N–H and O–H groups in total. The highest BCUT2D eigenvalue weighted by Gasteiger charge is 2.34. The lowest BCUT2D eigenvalue weighted by atomic mass is 10.3. The molecule has 0 aromatic carbocycles. The van der Waals surface area contributed by atoms with Crippen LogP contribution in [0.25, 0.3) is 0 Å². The second-order valence-electron chi connectivity index (χ2n) is 6.46. The van der Waals surface area contributed by atoms with Gasteiger partial charge in [-0.15, -0.1) is 0 Å². The first-order chi connectivity index (χ1) is 12.9. The van der Waals surface area contributed by atoms with Crippen LogP contribution in [0.1, 0.15) is 18.5 Å². The molecule has 3 rings (SSSR count). The van der Waals surface area contributed by atoms with Gasteiger partial charge in [0.05, 0.1) is 13.2 Å². The first-order valence-corrected chi connectivity index (χ1v) is 9.39. The van der Waals surface area contributed by atoms with E-state index in [1.807, 2.05) is 4.90 Å². The number of hydrogen-bond acceptors (Lipinski definition) is 6. The normalized spacial score (nSPS) is 18.6. The van der Waals surface area contributed by atoms with E-state index in [9.17, 15) is 13.2 Å². The average Bonchev–Trinajstić information content (AvgIpc) is 3.16. The van der Waals surface area contributed by atoms with Gasteiger partial charge in [-0.3, -0.25) is 4.90 Å². The van der Waals surface area contributed by atoms with E-state index >= 15 is 0 Å². The third kappa shape index (κ3) is 5.88. The van der Waals surface area contributed by atoms with Crippen LogP contribution in [0.15, 0.2) is 6.07 Å². The van der Waals surface area contributed by atoms with Crippen LogP contribution in [0, 0.1) is 0 Å². The van der Waals surface area contributed by atoms with Crippen LogP contribution in [0.2, 0.25) is 0 Å². The number of nitrogens with one attached hydrogen (secondary N) is 2.